The lowest BCUT2D eigenvalue weighted by molar-refractivity contribution is -0.119. The monoisotopic (exact) mass is 353 g/mol. The fourth-order valence-electron chi connectivity index (χ4n) is 2.94. The van der Waals surface area contributed by atoms with Gasteiger partial charge in [0.15, 0.2) is 0 Å². The SMILES string of the molecule is CCN(Cc1ccccc1)c1ncc(C(=O)N2CCN(C=O)CC2)cn1. The zero-order chi connectivity index (χ0) is 18.4. The van der Waals surface area contributed by atoms with Crippen LogP contribution in [0, 0.1) is 0 Å². The Morgan fingerprint density at radius 2 is 1.77 bits per heavy atom. The zero-order valence-corrected chi connectivity index (χ0v) is 14.9. The number of hydrogen-bond donors (Lipinski definition) is 0. The van der Waals surface area contributed by atoms with Crippen molar-refractivity contribution in [3.8, 4) is 0 Å². The quantitative estimate of drug-likeness (QED) is 0.735. The van der Waals surface area contributed by atoms with E-state index in [0.717, 1.165) is 19.5 Å². The Hall–Kier alpha value is -2.96. The van der Waals surface area contributed by atoms with Crippen LogP contribution in [0.3, 0.4) is 0 Å². The molecule has 1 fully saturated rings. The van der Waals surface area contributed by atoms with Crippen molar-refractivity contribution in [2.24, 2.45) is 0 Å². The molecule has 2 heterocycles. The smallest absolute Gasteiger partial charge is 0.257 e. The minimum atomic E-state index is -0.0896. The van der Waals surface area contributed by atoms with Crippen LogP contribution in [0.5, 0.6) is 0 Å². The van der Waals surface area contributed by atoms with Gasteiger partial charge in [0.25, 0.3) is 5.91 Å². The second-order valence-corrected chi connectivity index (χ2v) is 6.21. The maximum absolute atomic E-state index is 12.6. The first-order valence-corrected chi connectivity index (χ1v) is 8.80. The molecule has 0 saturated carbocycles. The van der Waals surface area contributed by atoms with Gasteiger partial charge in [0.05, 0.1) is 5.56 Å². The number of benzene rings is 1. The van der Waals surface area contributed by atoms with Crippen LogP contribution in [0.2, 0.25) is 0 Å². The summed E-state index contributed by atoms with van der Waals surface area (Å²) in [5.74, 6) is 0.520. The van der Waals surface area contributed by atoms with Gasteiger partial charge in [-0.2, -0.15) is 0 Å². The van der Waals surface area contributed by atoms with Crippen LogP contribution < -0.4 is 4.90 Å². The van der Waals surface area contributed by atoms with Gasteiger partial charge in [-0.15, -0.1) is 0 Å². The Morgan fingerprint density at radius 1 is 1.12 bits per heavy atom. The minimum Gasteiger partial charge on any atom is -0.342 e. The maximum atomic E-state index is 12.6. The Bertz CT molecular complexity index is 727. The molecular weight excluding hydrogens is 330 g/mol. The van der Waals surface area contributed by atoms with Gasteiger partial charge in [-0.1, -0.05) is 30.3 Å². The summed E-state index contributed by atoms with van der Waals surface area (Å²) in [6, 6.07) is 10.1. The molecular formula is C19H23N5O2. The highest BCUT2D eigenvalue weighted by atomic mass is 16.2. The first-order chi connectivity index (χ1) is 12.7. The number of rotatable bonds is 6. The van der Waals surface area contributed by atoms with Crippen LogP contribution in [-0.2, 0) is 11.3 Å². The van der Waals surface area contributed by atoms with Crippen LogP contribution in [0.25, 0.3) is 0 Å². The summed E-state index contributed by atoms with van der Waals surface area (Å²) < 4.78 is 0. The second kappa shape index (κ2) is 8.42. The zero-order valence-electron chi connectivity index (χ0n) is 14.9. The number of hydrogen-bond acceptors (Lipinski definition) is 5. The van der Waals surface area contributed by atoms with E-state index in [1.807, 2.05) is 18.2 Å². The molecule has 2 aromatic rings. The van der Waals surface area contributed by atoms with Crippen molar-refractivity contribution in [3.05, 3.63) is 53.9 Å². The molecule has 1 aromatic heterocycles. The van der Waals surface area contributed by atoms with Crippen molar-refractivity contribution in [1.82, 2.24) is 19.8 Å². The van der Waals surface area contributed by atoms with Gasteiger partial charge in [-0.05, 0) is 12.5 Å². The van der Waals surface area contributed by atoms with Crippen molar-refractivity contribution in [2.45, 2.75) is 13.5 Å². The standard InChI is InChI=1S/C19H23N5O2/c1-2-23(14-16-6-4-3-5-7-16)19-20-12-17(13-21-19)18(26)24-10-8-22(15-25)9-11-24/h3-7,12-13,15H,2,8-11,14H2,1H3. The molecule has 26 heavy (non-hydrogen) atoms. The average molecular weight is 353 g/mol. The molecule has 1 aliphatic rings. The van der Waals surface area contributed by atoms with Crippen molar-refractivity contribution in [2.75, 3.05) is 37.6 Å². The van der Waals surface area contributed by atoms with Gasteiger partial charge in [-0.3, -0.25) is 9.59 Å². The Labute approximate surface area is 153 Å². The number of carbonyl (C=O) groups excluding carboxylic acids is 2. The molecule has 1 saturated heterocycles. The Kier molecular flexibility index (Phi) is 5.78. The molecule has 0 atom stereocenters. The van der Waals surface area contributed by atoms with Crippen LogP contribution in [0.15, 0.2) is 42.7 Å². The summed E-state index contributed by atoms with van der Waals surface area (Å²) in [6.45, 7) is 5.75. The van der Waals surface area contributed by atoms with Crippen molar-refractivity contribution >= 4 is 18.3 Å². The molecule has 136 valence electrons. The predicted molar refractivity (Wildman–Crippen MR) is 98.7 cm³/mol. The van der Waals surface area contributed by atoms with Gasteiger partial charge in [0.1, 0.15) is 0 Å². The van der Waals surface area contributed by atoms with Gasteiger partial charge in [0.2, 0.25) is 12.4 Å². The lowest BCUT2D eigenvalue weighted by Crippen LogP contribution is -2.48. The molecule has 7 nitrogen and oxygen atoms in total. The summed E-state index contributed by atoms with van der Waals surface area (Å²) in [5.41, 5.74) is 1.66. The highest BCUT2D eigenvalue weighted by Gasteiger charge is 2.22. The van der Waals surface area contributed by atoms with E-state index in [4.69, 9.17) is 0 Å². The first-order valence-electron chi connectivity index (χ1n) is 8.80. The lowest BCUT2D eigenvalue weighted by Gasteiger charge is -2.32. The molecule has 0 bridgehead atoms. The maximum Gasteiger partial charge on any atom is 0.257 e. The fourth-order valence-corrected chi connectivity index (χ4v) is 2.94. The lowest BCUT2D eigenvalue weighted by atomic mass is 10.2. The number of aromatic nitrogens is 2. The van der Waals surface area contributed by atoms with Crippen LogP contribution in [-0.4, -0.2) is 64.8 Å². The van der Waals surface area contributed by atoms with Crippen molar-refractivity contribution in [1.29, 1.82) is 0 Å². The van der Waals surface area contributed by atoms with Crippen LogP contribution in [0.4, 0.5) is 5.95 Å². The van der Waals surface area contributed by atoms with E-state index in [-0.39, 0.29) is 5.91 Å². The molecule has 3 rings (SSSR count). The molecule has 2 amide bonds. The Morgan fingerprint density at radius 3 is 2.35 bits per heavy atom. The molecule has 1 aliphatic heterocycles. The van der Waals surface area contributed by atoms with Gasteiger partial charge >= 0.3 is 0 Å². The van der Waals surface area contributed by atoms with Crippen LogP contribution >= 0.6 is 0 Å². The molecule has 0 radical (unpaired) electrons. The van der Waals surface area contributed by atoms with Gasteiger partial charge in [0, 0.05) is 51.7 Å². The molecule has 0 spiro atoms. The summed E-state index contributed by atoms with van der Waals surface area (Å²) in [6.07, 6.45) is 4.00. The van der Waals surface area contributed by atoms with Crippen LogP contribution in [0.1, 0.15) is 22.8 Å². The minimum absolute atomic E-state index is 0.0896. The summed E-state index contributed by atoms with van der Waals surface area (Å²) in [7, 11) is 0. The van der Waals surface area contributed by atoms with E-state index < -0.39 is 0 Å². The topological polar surface area (TPSA) is 69.6 Å². The summed E-state index contributed by atoms with van der Waals surface area (Å²) >= 11 is 0. The fraction of sp³-hybridized carbons (Fsp3) is 0.368. The number of piperazine rings is 1. The van der Waals surface area contributed by atoms with E-state index in [9.17, 15) is 9.59 Å². The average Bonchev–Trinajstić information content (AvgIpc) is 2.72. The largest absolute Gasteiger partial charge is 0.342 e. The van der Waals surface area contributed by atoms with E-state index in [2.05, 4.69) is 33.9 Å². The van der Waals surface area contributed by atoms with E-state index >= 15 is 0 Å². The van der Waals surface area contributed by atoms with E-state index in [1.165, 1.54) is 5.56 Å². The van der Waals surface area contributed by atoms with Crippen molar-refractivity contribution < 1.29 is 9.59 Å². The third kappa shape index (κ3) is 4.17. The van der Waals surface area contributed by atoms with Crippen molar-refractivity contribution in [3.63, 3.8) is 0 Å². The van der Waals surface area contributed by atoms with Gasteiger partial charge < -0.3 is 14.7 Å². The number of carbonyl (C=O) groups is 2. The highest BCUT2D eigenvalue weighted by molar-refractivity contribution is 5.93. The number of nitrogens with zero attached hydrogens (tertiary/aromatic N) is 5. The second-order valence-electron chi connectivity index (χ2n) is 6.21. The molecule has 0 aliphatic carbocycles. The molecule has 1 aromatic carbocycles. The summed E-state index contributed by atoms with van der Waals surface area (Å²) in [4.78, 5) is 37.6. The number of amides is 2. The van der Waals surface area contributed by atoms with Gasteiger partial charge in [-0.25, -0.2) is 9.97 Å². The molecule has 0 unspecified atom stereocenters. The summed E-state index contributed by atoms with van der Waals surface area (Å²) in [5, 5.41) is 0. The highest BCUT2D eigenvalue weighted by Crippen LogP contribution is 2.13. The first kappa shape index (κ1) is 17.8. The predicted octanol–water partition coefficient (Wildman–Crippen LogP) is 1.42. The Balaban J connectivity index is 1.65. The third-order valence-electron chi connectivity index (χ3n) is 4.52. The molecule has 7 heteroatoms. The van der Waals surface area contributed by atoms with E-state index in [0.29, 0.717) is 37.7 Å². The molecule has 0 N–H and O–H groups in total. The normalized spacial score (nSPS) is 14.2. The third-order valence-corrected chi connectivity index (χ3v) is 4.52. The number of anilines is 1. The van der Waals surface area contributed by atoms with E-state index in [1.54, 1.807) is 22.2 Å².